The fourth-order valence-electron chi connectivity index (χ4n) is 0.475. The van der Waals surface area contributed by atoms with Crippen LogP contribution in [0.15, 0.2) is 0 Å². The molecule has 0 aliphatic carbocycles. The molecular formula is C6H11N3O2. The number of nitrogens with zero attached hydrogens (tertiary/aromatic N) is 1. The zero-order valence-electron chi connectivity index (χ0n) is 6.39. The Morgan fingerprint density at radius 2 is 2.45 bits per heavy atom. The van der Waals surface area contributed by atoms with Gasteiger partial charge in [-0.3, -0.25) is 4.79 Å². The van der Waals surface area contributed by atoms with E-state index in [2.05, 4.69) is 10.6 Å². The molecule has 0 aliphatic heterocycles. The van der Waals surface area contributed by atoms with Crippen LogP contribution in [0.5, 0.6) is 0 Å². The standard InChI is InChI=1S/C6H11N3O2/c1-11-3-2-9-6(10)4-8-5-7/h8H,2-4H2,1H3,(H,9,10). The highest BCUT2D eigenvalue weighted by molar-refractivity contribution is 5.78. The third kappa shape index (κ3) is 6.61. The summed E-state index contributed by atoms with van der Waals surface area (Å²) < 4.78 is 4.70. The van der Waals surface area contributed by atoms with Crippen LogP contribution in [0, 0.1) is 11.5 Å². The summed E-state index contributed by atoms with van der Waals surface area (Å²) in [6, 6.07) is 0. The highest BCUT2D eigenvalue weighted by atomic mass is 16.5. The van der Waals surface area contributed by atoms with Crippen molar-refractivity contribution in [2.45, 2.75) is 0 Å². The summed E-state index contributed by atoms with van der Waals surface area (Å²) in [5, 5.41) is 12.8. The summed E-state index contributed by atoms with van der Waals surface area (Å²) in [5.41, 5.74) is 0. The van der Waals surface area contributed by atoms with Crippen LogP contribution < -0.4 is 10.6 Å². The van der Waals surface area contributed by atoms with Crippen LogP contribution in [-0.4, -0.2) is 32.7 Å². The van der Waals surface area contributed by atoms with Crippen molar-refractivity contribution in [3.63, 3.8) is 0 Å². The number of hydrogen-bond acceptors (Lipinski definition) is 4. The summed E-state index contributed by atoms with van der Waals surface area (Å²) in [5.74, 6) is -0.205. The Bertz CT molecular complexity index is 152. The predicted molar refractivity (Wildman–Crippen MR) is 38.5 cm³/mol. The minimum Gasteiger partial charge on any atom is -0.383 e. The molecule has 0 saturated carbocycles. The number of nitrogens with one attached hydrogen (secondary N) is 2. The van der Waals surface area contributed by atoms with Crippen molar-refractivity contribution in [1.82, 2.24) is 10.6 Å². The lowest BCUT2D eigenvalue weighted by Gasteiger charge is -2.01. The van der Waals surface area contributed by atoms with Crippen molar-refractivity contribution in [3.8, 4) is 6.19 Å². The van der Waals surface area contributed by atoms with Crippen molar-refractivity contribution in [2.75, 3.05) is 26.8 Å². The first kappa shape index (κ1) is 9.72. The number of methoxy groups -OCH3 is 1. The minimum absolute atomic E-state index is 0.0280. The van der Waals surface area contributed by atoms with Crippen LogP contribution in [0.4, 0.5) is 0 Å². The smallest absolute Gasteiger partial charge is 0.240 e. The fraction of sp³-hybridized carbons (Fsp3) is 0.667. The second-order valence-corrected chi connectivity index (χ2v) is 1.81. The monoisotopic (exact) mass is 157 g/mol. The van der Waals surface area contributed by atoms with Crippen LogP contribution in [0.2, 0.25) is 0 Å². The Hall–Kier alpha value is -1.28. The Morgan fingerprint density at radius 3 is 3.00 bits per heavy atom. The maximum atomic E-state index is 10.7. The summed E-state index contributed by atoms with van der Waals surface area (Å²) in [6.45, 7) is 0.987. The molecule has 62 valence electrons. The highest BCUT2D eigenvalue weighted by Gasteiger charge is 1.96. The fourth-order valence-corrected chi connectivity index (χ4v) is 0.475. The highest BCUT2D eigenvalue weighted by Crippen LogP contribution is 1.65. The zero-order valence-corrected chi connectivity index (χ0v) is 6.39. The van der Waals surface area contributed by atoms with Crippen LogP contribution in [-0.2, 0) is 9.53 Å². The molecule has 0 aromatic carbocycles. The summed E-state index contributed by atoms with van der Waals surface area (Å²) in [7, 11) is 1.56. The number of carbonyl (C=O) groups excluding carboxylic acids is 1. The molecule has 0 unspecified atom stereocenters. The van der Waals surface area contributed by atoms with Gasteiger partial charge in [0.15, 0.2) is 6.19 Å². The number of hydrogen-bond donors (Lipinski definition) is 2. The van der Waals surface area contributed by atoms with Gasteiger partial charge in [0.1, 0.15) is 6.54 Å². The third-order valence-corrected chi connectivity index (χ3v) is 0.956. The van der Waals surface area contributed by atoms with Gasteiger partial charge < -0.3 is 15.4 Å². The Balaban J connectivity index is 3.17. The predicted octanol–water partition coefficient (Wildman–Crippen LogP) is -1.18. The molecule has 11 heavy (non-hydrogen) atoms. The molecule has 0 fully saturated rings. The van der Waals surface area contributed by atoms with Crippen LogP contribution in [0.25, 0.3) is 0 Å². The average molecular weight is 157 g/mol. The number of amides is 1. The lowest BCUT2D eigenvalue weighted by molar-refractivity contribution is -0.120. The lowest BCUT2D eigenvalue weighted by Crippen LogP contribution is -2.33. The molecule has 0 atom stereocenters. The van der Waals surface area contributed by atoms with Gasteiger partial charge in [-0.25, -0.2) is 0 Å². The van der Waals surface area contributed by atoms with Crippen LogP contribution in [0.1, 0.15) is 0 Å². The van der Waals surface area contributed by atoms with Crippen LogP contribution in [0.3, 0.4) is 0 Å². The van der Waals surface area contributed by atoms with Gasteiger partial charge in [0.05, 0.1) is 6.61 Å². The number of rotatable bonds is 5. The minimum atomic E-state index is -0.205. The first-order valence-electron chi connectivity index (χ1n) is 3.19. The number of ether oxygens (including phenoxy) is 1. The van der Waals surface area contributed by atoms with E-state index in [1.807, 2.05) is 0 Å². The second-order valence-electron chi connectivity index (χ2n) is 1.81. The maximum absolute atomic E-state index is 10.7. The van der Waals surface area contributed by atoms with Gasteiger partial charge >= 0.3 is 0 Å². The molecule has 0 aliphatic rings. The van der Waals surface area contributed by atoms with Crippen molar-refractivity contribution in [1.29, 1.82) is 5.26 Å². The zero-order chi connectivity index (χ0) is 8.53. The summed E-state index contributed by atoms with van der Waals surface area (Å²) in [6.07, 6.45) is 1.65. The SMILES string of the molecule is COCCNC(=O)CNC#N. The van der Waals surface area contributed by atoms with Crippen LogP contribution >= 0.6 is 0 Å². The molecule has 5 nitrogen and oxygen atoms in total. The Morgan fingerprint density at radius 1 is 1.73 bits per heavy atom. The lowest BCUT2D eigenvalue weighted by atomic mass is 10.5. The molecule has 1 amide bonds. The van der Waals surface area contributed by atoms with Gasteiger partial charge in [0.25, 0.3) is 0 Å². The first-order valence-corrected chi connectivity index (χ1v) is 3.19. The average Bonchev–Trinajstić information content (AvgIpc) is 2.01. The van der Waals surface area contributed by atoms with Crippen molar-refractivity contribution in [2.24, 2.45) is 0 Å². The van der Waals surface area contributed by atoms with E-state index in [1.54, 1.807) is 13.3 Å². The Labute approximate surface area is 65.3 Å². The van der Waals surface area contributed by atoms with E-state index >= 15 is 0 Å². The first-order chi connectivity index (χ1) is 5.31. The summed E-state index contributed by atoms with van der Waals surface area (Å²) in [4.78, 5) is 10.7. The van der Waals surface area contributed by atoms with Gasteiger partial charge in [-0.15, -0.1) is 0 Å². The molecule has 0 radical (unpaired) electrons. The van der Waals surface area contributed by atoms with Gasteiger partial charge in [-0.05, 0) is 0 Å². The van der Waals surface area contributed by atoms with E-state index in [0.717, 1.165) is 0 Å². The Kier molecular flexibility index (Phi) is 6.04. The van der Waals surface area contributed by atoms with Crippen molar-refractivity contribution in [3.05, 3.63) is 0 Å². The van der Waals surface area contributed by atoms with E-state index in [-0.39, 0.29) is 12.5 Å². The molecule has 0 rings (SSSR count). The van der Waals surface area contributed by atoms with Crippen molar-refractivity contribution >= 4 is 5.91 Å². The molecule has 0 aromatic rings. The third-order valence-electron chi connectivity index (χ3n) is 0.956. The molecule has 0 heterocycles. The maximum Gasteiger partial charge on any atom is 0.240 e. The van der Waals surface area contributed by atoms with E-state index < -0.39 is 0 Å². The molecule has 0 spiro atoms. The second kappa shape index (κ2) is 6.83. The molecule has 0 bridgehead atoms. The molecule has 5 heteroatoms. The largest absolute Gasteiger partial charge is 0.383 e. The normalized spacial score (nSPS) is 8.36. The van der Waals surface area contributed by atoms with E-state index in [4.69, 9.17) is 10.00 Å². The molecular weight excluding hydrogens is 146 g/mol. The molecule has 2 N–H and O–H groups in total. The van der Waals surface area contributed by atoms with E-state index in [9.17, 15) is 4.79 Å². The number of nitriles is 1. The van der Waals surface area contributed by atoms with Gasteiger partial charge in [-0.2, -0.15) is 5.26 Å². The van der Waals surface area contributed by atoms with Gasteiger partial charge in [0.2, 0.25) is 5.91 Å². The topological polar surface area (TPSA) is 74.2 Å². The van der Waals surface area contributed by atoms with E-state index in [1.165, 1.54) is 0 Å². The van der Waals surface area contributed by atoms with Gasteiger partial charge in [-0.1, -0.05) is 0 Å². The summed E-state index contributed by atoms with van der Waals surface area (Å²) >= 11 is 0. The van der Waals surface area contributed by atoms with Gasteiger partial charge in [0, 0.05) is 13.7 Å². The van der Waals surface area contributed by atoms with Crippen molar-refractivity contribution < 1.29 is 9.53 Å². The molecule has 0 saturated heterocycles. The number of carbonyl (C=O) groups is 1. The van der Waals surface area contributed by atoms with E-state index in [0.29, 0.717) is 13.2 Å². The molecule has 0 aromatic heterocycles. The quantitative estimate of drug-likeness (QED) is 0.299.